The van der Waals surface area contributed by atoms with Gasteiger partial charge in [0.15, 0.2) is 17.2 Å². The van der Waals surface area contributed by atoms with E-state index in [1.54, 1.807) is 26.8 Å². The van der Waals surface area contributed by atoms with Gasteiger partial charge in [0.25, 0.3) is 0 Å². The smallest absolute Gasteiger partial charge is 0.203 e. The van der Waals surface area contributed by atoms with Crippen LogP contribution in [0.3, 0.4) is 0 Å². The number of aromatic hydroxyl groups is 1. The molecule has 1 fully saturated rings. The van der Waals surface area contributed by atoms with Gasteiger partial charge in [0.05, 0.1) is 5.56 Å². The van der Waals surface area contributed by atoms with E-state index in [-0.39, 0.29) is 16.9 Å². The van der Waals surface area contributed by atoms with Gasteiger partial charge in [0.2, 0.25) is 5.78 Å². The monoisotopic (exact) mass is 586 g/mol. The van der Waals surface area contributed by atoms with Crippen LogP contribution in [0, 0.1) is 28.6 Å². The molecular weight excluding hydrogens is 544 g/mol. The predicted molar refractivity (Wildman–Crippen MR) is 164 cm³/mol. The molecule has 1 saturated carbocycles. The van der Waals surface area contributed by atoms with Crippen molar-refractivity contribution < 1.29 is 34.8 Å². The zero-order valence-electron chi connectivity index (χ0n) is 26.0. The lowest BCUT2D eigenvalue weighted by atomic mass is 9.37. The van der Waals surface area contributed by atoms with Gasteiger partial charge in [-0.15, -0.1) is 0 Å². The van der Waals surface area contributed by atoms with Gasteiger partial charge in [-0.3, -0.25) is 14.4 Å². The maximum Gasteiger partial charge on any atom is 0.203 e. The Morgan fingerprint density at radius 2 is 1.58 bits per heavy atom. The standard InChI is InChI=1S/C36H42O7/c1-8-10-21-13-15-22(16-14-21)17-24-23-11-9-12-25(38)27(23)31(40)29-33(42)36(43)32(41)26(19(4)37)30(39)28(18(2)3)35(36,7)20(5)34(24,29)6/h9,11-16,18,20,24,28,38,40-41,43H,8,10,17H2,1-7H3/t20-,24-,28?,34+,35-,36+/m1/s1. The number of carbonyl (C=O) groups excluding carboxylic acids is 3. The quantitative estimate of drug-likeness (QED) is 0.298. The third kappa shape index (κ3) is 3.86. The molecule has 2 aromatic carbocycles. The number of phenols is 1. The molecule has 1 unspecified atom stereocenters. The topological polar surface area (TPSA) is 132 Å². The lowest BCUT2D eigenvalue weighted by molar-refractivity contribution is -0.196. The van der Waals surface area contributed by atoms with Gasteiger partial charge >= 0.3 is 0 Å². The van der Waals surface area contributed by atoms with Gasteiger partial charge in [-0.05, 0) is 60.3 Å². The molecule has 7 nitrogen and oxygen atoms in total. The van der Waals surface area contributed by atoms with Crippen LogP contribution in [0.5, 0.6) is 5.75 Å². The fourth-order valence-corrected chi connectivity index (χ4v) is 8.82. The molecule has 2 aromatic rings. The molecular formula is C36H42O7. The normalized spacial score (nSPS) is 32.1. The summed E-state index contributed by atoms with van der Waals surface area (Å²) in [5.74, 6) is -6.44. The van der Waals surface area contributed by atoms with Crippen LogP contribution in [0.15, 0.2) is 59.4 Å². The average molecular weight is 587 g/mol. The summed E-state index contributed by atoms with van der Waals surface area (Å²) < 4.78 is 0. The van der Waals surface area contributed by atoms with Crippen molar-refractivity contribution in [1.29, 1.82) is 0 Å². The highest BCUT2D eigenvalue weighted by atomic mass is 16.3. The average Bonchev–Trinajstić information content (AvgIpc) is 2.93. The number of ketones is 3. The first kappa shape index (κ1) is 30.7. The Hall–Kier alpha value is -3.71. The lowest BCUT2D eigenvalue weighted by Gasteiger charge is -2.65. The number of benzene rings is 2. The number of phenolic OH excluding ortho intramolecular Hbond substituents is 1. The third-order valence-electron chi connectivity index (χ3n) is 11.1. The SMILES string of the molecule is CCCc1ccc(C[C@@H]2c3cccc(O)c3C(O)=C3C(=O)[C@@]4(O)C(O)=C(C(C)=O)C(=O)C(C(C)C)[C@@]4(C)[C@H](C)[C@]32C)cc1. The number of Topliss-reactive ketones (excluding diaryl/α,β-unsaturated/α-hetero) is 3. The second kappa shape index (κ2) is 10.2. The number of aliphatic hydroxyl groups excluding tert-OH is 2. The van der Waals surface area contributed by atoms with E-state index in [0.29, 0.717) is 12.0 Å². The van der Waals surface area contributed by atoms with Crippen LogP contribution in [0.4, 0.5) is 0 Å². The molecule has 6 atom stereocenters. The molecule has 7 heteroatoms. The summed E-state index contributed by atoms with van der Waals surface area (Å²) in [5.41, 5.74) is -3.08. The van der Waals surface area contributed by atoms with Crippen molar-refractivity contribution in [2.45, 2.75) is 79.2 Å². The van der Waals surface area contributed by atoms with E-state index in [1.165, 1.54) is 11.6 Å². The molecule has 5 rings (SSSR count). The summed E-state index contributed by atoms with van der Waals surface area (Å²) in [6.45, 7) is 12.2. The van der Waals surface area contributed by atoms with Crippen LogP contribution in [0.1, 0.15) is 83.1 Å². The molecule has 228 valence electrons. The fraction of sp³-hybridized carbons (Fsp3) is 0.472. The highest BCUT2D eigenvalue weighted by Crippen LogP contribution is 2.70. The van der Waals surface area contributed by atoms with Gasteiger partial charge in [0, 0.05) is 22.3 Å². The second-order valence-electron chi connectivity index (χ2n) is 13.5. The summed E-state index contributed by atoms with van der Waals surface area (Å²) >= 11 is 0. The molecule has 3 aliphatic carbocycles. The highest BCUT2D eigenvalue weighted by Gasteiger charge is 2.76. The van der Waals surface area contributed by atoms with E-state index in [1.807, 2.05) is 19.9 Å². The predicted octanol–water partition coefficient (Wildman–Crippen LogP) is 6.17. The maximum atomic E-state index is 14.8. The van der Waals surface area contributed by atoms with Crippen molar-refractivity contribution in [3.8, 4) is 5.75 Å². The molecule has 0 amide bonds. The Morgan fingerprint density at radius 3 is 2.14 bits per heavy atom. The van der Waals surface area contributed by atoms with Crippen LogP contribution in [-0.2, 0) is 27.2 Å². The van der Waals surface area contributed by atoms with Crippen LogP contribution in [0.2, 0.25) is 0 Å². The number of hydrogen-bond donors (Lipinski definition) is 4. The van der Waals surface area contributed by atoms with E-state index < -0.39 is 74.5 Å². The molecule has 0 radical (unpaired) electrons. The number of aliphatic hydroxyl groups is 3. The summed E-state index contributed by atoms with van der Waals surface area (Å²) in [5, 5.41) is 46.8. The van der Waals surface area contributed by atoms with Gasteiger partial charge in [0.1, 0.15) is 22.8 Å². The number of hydrogen-bond acceptors (Lipinski definition) is 7. The Labute approximate surface area is 253 Å². The van der Waals surface area contributed by atoms with E-state index in [9.17, 15) is 34.8 Å². The minimum Gasteiger partial charge on any atom is -0.508 e. The van der Waals surface area contributed by atoms with Gasteiger partial charge < -0.3 is 20.4 Å². The Morgan fingerprint density at radius 1 is 0.977 bits per heavy atom. The molecule has 0 spiro atoms. The second-order valence-corrected chi connectivity index (χ2v) is 13.5. The number of aryl methyl sites for hydroxylation is 1. The molecule has 43 heavy (non-hydrogen) atoms. The maximum absolute atomic E-state index is 14.8. The fourth-order valence-electron chi connectivity index (χ4n) is 8.82. The molecule has 0 saturated heterocycles. The Bertz CT molecular complexity index is 1600. The first-order valence-corrected chi connectivity index (χ1v) is 15.2. The summed E-state index contributed by atoms with van der Waals surface area (Å²) in [6.07, 6.45) is 2.41. The summed E-state index contributed by atoms with van der Waals surface area (Å²) in [7, 11) is 0. The number of carbonyl (C=O) groups is 3. The highest BCUT2D eigenvalue weighted by molar-refractivity contribution is 6.24. The van der Waals surface area contributed by atoms with E-state index in [4.69, 9.17) is 0 Å². The van der Waals surface area contributed by atoms with Crippen molar-refractivity contribution in [2.24, 2.45) is 28.6 Å². The first-order chi connectivity index (χ1) is 20.1. The van der Waals surface area contributed by atoms with Crippen LogP contribution in [-0.4, -0.2) is 43.4 Å². The number of allylic oxidation sites excluding steroid dienone is 1. The molecule has 0 aromatic heterocycles. The van der Waals surface area contributed by atoms with E-state index in [2.05, 4.69) is 31.2 Å². The van der Waals surface area contributed by atoms with Crippen molar-refractivity contribution >= 4 is 23.1 Å². The lowest BCUT2D eigenvalue weighted by Crippen LogP contribution is -2.73. The molecule has 3 aliphatic rings. The zero-order valence-corrected chi connectivity index (χ0v) is 26.0. The zero-order chi connectivity index (χ0) is 31.8. The van der Waals surface area contributed by atoms with Crippen molar-refractivity contribution in [3.63, 3.8) is 0 Å². The molecule has 0 bridgehead atoms. The molecule has 0 heterocycles. The van der Waals surface area contributed by atoms with E-state index >= 15 is 0 Å². The van der Waals surface area contributed by atoms with Gasteiger partial charge in [-0.1, -0.05) is 84.4 Å². The minimum absolute atomic E-state index is 0.109. The van der Waals surface area contributed by atoms with Crippen molar-refractivity contribution in [1.82, 2.24) is 0 Å². The Balaban J connectivity index is 1.84. The van der Waals surface area contributed by atoms with Crippen LogP contribution in [0.25, 0.3) is 5.76 Å². The van der Waals surface area contributed by atoms with E-state index in [0.717, 1.165) is 25.3 Å². The van der Waals surface area contributed by atoms with Crippen LogP contribution < -0.4 is 0 Å². The molecule has 4 N–H and O–H groups in total. The first-order valence-electron chi connectivity index (χ1n) is 15.2. The molecule has 0 aliphatic heterocycles. The third-order valence-corrected chi connectivity index (χ3v) is 11.1. The van der Waals surface area contributed by atoms with Crippen molar-refractivity contribution in [2.75, 3.05) is 0 Å². The number of fused-ring (bicyclic) bond motifs is 3. The van der Waals surface area contributed by atoms with Gasteiger partial charge in [-0.25, -0.2) is 0 Å². The van der Waals surface area contributed by atoms with Gasteiger partial charge in [-0.2, -0.15) is 0 Å². The summed E-state index contributed by atoms with van der Waals surface area (Å²) in [6, 6.07) is 13.2. The largest absolute Gasteiger partial charge is 0.508 e. The Kier molecular flexibility index (Phi) is 7.28. The summed E-state index contributed by atoms with van der Waals surface area (Å²) in [4.78, 5) is 41.4. The minimum atomic E-state index is -2.66. The van der Waals surface area contributed by atoms with Crippen LogP contribution >= 0.6 is 0 Å². The number of rotatable bonds is 6. The van der Waals surface area contributed by atoms with Crippen molar-refractivity contribution in [3.05, 3.63) is 81.6 Å².